The monoisotopic (exact) mass is 458 g/mol. The molecule has 0 radical (unpaired) electrons. The minimum atomic E-state index is -0.286. The van der Waals surface area contributed by atoms with Crippen molar-refractivity contribution in [2.75, 3.05) is 18.1 Å². The maximum absolute atomic E-state index is 13.5. The van der Waals surface area contributed by atoms with Gasteiger partial charge < -0.3 is 14.5 Å². The van der Waals surface area contributed by atoms with Gasteiger partial charge in [-0.25, -0.2) is 9.37 Å². The molecule has 6 nitrogen and oxygen atoms in total. The van der Waals surface area contributed by atoms with Gasteiger partial charge in [-0.05, 0) is 87.0 Å². The quantitative estimate of drug-likeness (QED) is 0.560. The van der Waals surface area contributed by atoms with E-state index < -0.39 is 0 Å². The highest BCUT2D eigenvalue weighted by Crippen LogP contribution is 2.58. The molecule has 4 saturated carbocycles. The molecule has 4 bridgehead atoms. The van der Waals surface area contributed by atoms with Crippen molar-refractivity contribution in [1.29, 1.82) is 0 Å². The lowest BCUT2D eigenvalue weighted by Crippen LogP contribution is -2.60. The van der Waals surface area contributed by atoms with Gasteiger partial charge in [0.15, 0.2) is 0 Å². The Kier molecular flexibility index (Phi) is 5.58. The first-order valence-electron chi connectivity index (χ1n) is 11.4. The summed E-state index contributed by atoms with van der Waals surface area (Å²) >= 11 is 0. The number of aliphatic hydroxyl groups excluding tert-OH is 1. The second kappa shape index (κ2) is 8.27. The first-order chi connectivity index (χ1) is 15.1. The van der Waals surface area contributed by atoms with Gasteiger partial charge in [0.25, 0.3) is 5.71 Å². The molecule has 0 saturated heterocycles. The number of rotatable bonds is 6. The van der Waals surface area contributed by atoms with Crippen molar-refractivity contribution in [3.63, 3.8) is 0 Å². The molecule has 1 N–H and O–H groups in total. The fourth-order valence-electron chi connectivity index (χ4n) is 6.97. The summed E-state index contributed by atoms with van der Waals surface area (Å²) in [5.41, 5.74) is 1.94. The number of benzene rings is 1. The molecule has 4 fully saturated rings. The maximum atomic E-state index is 13.5. The van der Waals surface area contributed by atoms with Gasteiger partial charge in [0, 0.05) is 24.3 Å². The Morgan fingerprint density at radius 3 is 2.31 bits per heavy atom. The van der Waals surface area contributed by atoms with Gasteiger partial charge in [-0.15, -0.1) is 12.4 Å². The fourth-order valence-corrected chi connectivity index (χ4v) is 6.97. The summed E-state index contributed by atoms with van der Waals surface area (Å²) in [6, 6.07) is 6.29. The molecule has 32 heavy (non-hydrogen) atoms. The van der Waals surface area contributed by atoms with Crippen LogP contribution >= 0.6 is 12.4 Å². The van der Waals surface area contributed by atoms with Gasteiger partial charge in [0.2, 0.25) is 0 Å². The van der Waals surface area contributed by atoms with Crippen LogP contribution in [0.1, 0.15) is 44.9 Å². The zero-order chi connectivity index (χ0) is 21.0. The molecule has 2 heterocycles. The number of hydrogen-bond donors (Lipinski definition) is 1. The molecule has 0 spiro atoms. The van der Waals surface area contributed by atoms with E-state index in [-0.39, 0.29) is 30.4 Å². The van der Waals surface area contributed by atoms with Crippen molar-refractivity contribution in [3.05, 3.63) is 36.4 Å². The molecule has 8 heteroatoms. The second-order valence-electron chi connectivity index (χ2n) is 9.79. The number of nitrogens with zero attached hydrogens (tertiary/aromatic N) is 4. The summed E-state index contributed by atoms with van der Waals surface area (Å²) in [7, 11) is 0. The van der Waals surface area contributed by atoms with Crippen LogP contribution in [0.2, 0.25) is 0 Å². The number of anilines is 1. The van der Waals surface area contributed by atoms with Crippen LogP contribution in [-0.2, 0) is 0 Å². The van der Waals surface area contributed by atoms with E-state index in [2.05, 4.69) is 15.0 Å². The molecule has 3 aromatic rings. The Hall–Kier alpha value is -2.25. The van der Waals surface area contributed by atoms with Crippen molar-refractivity contribution in [3.8, 4) is 11.3 Å². The highest BCUT2D eigenvalue weighted by molar-refractivity contribution is 5.98. The highest BCUT2D eigenvalue weighted by atomic mass is 35.5. The Bertz CT molecular complexity index is 1070. The van der Waals surface area contributed by atoms with Gasteiger partial charge >= 0.3 is 0 Å². The molecule has 170 valence electrons. The van der Waals surface area contributed by atoms with Crippen LogP contribution in [0, 0.1) is 23.6 Å². The van der Waals surface area contributed by atoms with E-state index in [1.807, 2.05) is 0 Å². The van der Waals surface area contributed by atoms with Gasteiger partial charge in [-0.2, -0.15) is 4.98 Å². The smallest absolute Gasteiger partial charge is 0.263 e. The van der Waals surface area contributed by atoms with E-state index in [1.165, 1.54) is 50.7 Å². The summed E-state index contributed by atoms with van der Waals surface area (Å²) in [5, 5.41) is 14.7. The van der Waals surface area contributed by atoms with Crippen LogP contribution in [0.4, 0.5) is 10.2 Å². The average Bonchev–Trinajstić information content (AvgIpc) is 3.18. The lowest BCUT2D eigenvalue weighted by atomic mass is 9.52. The van der Waals surface area contributed by atoms with Crippen LogP contribution in [0.15, 0.2) is 35.1 Å². The summed E-state index contributed by atoms with van der Waals surface area (Å²) < 4.78 is 19.1. The standard InChI is InChI=1S/C24H27FN4O2.ClH/c25-19-4-2-18(3-5-19)21-20-22(26-14-27-23(20)31-28-21)29(6-1-7-30)24-11-15-8-16(12-24)10-17(9-15)13-24;/h2-5,14-17,30H,1,6-13H2;1H. The van der Waals surface area contributed by atoms with Crippen LogP contribution in [0.25, 0.3) is 22.4 Å². The minimum absolute atomic E-state index is 0. The number of fused-ring (bicyclic) bond motifs is 1. The molecular weight excluding hydrogens is 431 g/mol. The van der Waals surface area contributed by atoms with Gasteiger partial charge in [0.05, 0.1) is 0 Å². The normalized spacial score (nSPS) is 28.1. The third-order valence-electron chi connectivity index (χ3n) is 7.74. The summed E-state index contributed by atoms with van der Waals surface area (Å²) in [6.07, 6.45) is 9.88. The van der Waals surface area contributed by atoms with E-state index in [9.17, 15) is 9.50 Å². The highest BCUT2D eigenvalue weighted by Gasteiger charge is 2.54. The van der Waals surface area contributed by atoms with E-state index in [0.29, 0.717) is 17.8 Å². The van der Waals surface area contributed by atoms with Crippen molar-refractivity contribution in [2.45, 2.75) is 50.5 Å². The zero-order valence-electron chi connectivity index (χ0n) is 17.9. The van der Waals surface area contributed by atoms with E-state index in [0.717, 1.165) is 41.1 Å². The molecule has 2 aromatic heterocycles. The third-order valence-corrected chi connectivity index (χ3v) is 7.74. The van der Waals surface area contributed by atoms with Crippen LogP contribution in [-0.4, -0.2) is 38.9 Å². The van der Waals surface area contributed by atoms with Crippen molar-refractivity contribution >= 4 is 29.3 Å². The number of halogens is 2. The first kappa shape index (κ1) is 21.6. The van der Waals surface area contributed by atoms with Crippen LogP contribution < -0.4 is 4.90 Å². The lowest BCUT2D eigenvalue weighted by molar-refractivity contribution is -0.00491. The molecule has 7 rings (SSSR count). The largest absolute Gasteiger partial charge is 0.396 e. The van der Waals surface area contributed by atoms with Gasteiger partial charge in [0.1, 0.15) is 29.0 Å². The predicted octanol–water partition coefficient (Wildman–Crippen LogP) is 5.00. The minimum Gasteiger partial charge on any atom is -0.396 e. The molecular formula is C24H28ClFN4O2. The van der Waals surface area contributed by atoms with E-state index >= 15 is 0 Å². The van der Waals surface area contributed by atoms with Crippen molar-refractivity contribution < 1.29 is 14.0 Å². The van der Waals surface area contributed by atoms with Crippen molar-refractivity contribution in [2.24, 2.45) is 17.8 Å². The Balaban J connectivity index is 0.00000216. The Labute approximate surface area is 192 Å². The van der Waals surface area contributed by atoms with Crippen molar-refractivity contribution in [1.82, 2.24) is 15.1 Å². The Morgan fingerprint density at radius 2 is 1.69 bits per heavy atom. The Morgan fingerprint density at radius 1 is 1.03 bits per heavy atom. The lowest BCUT2D eigenvalue weighted by Gasteiger charge is -2.61. The van der Waals surface area contributed by atoms with Crippen LogP contribution in [0.3, 0.4) is 0 Å². The number of aromatic nitrogens is 3. The predicted molar refractivity (Wildman–Crippen MR) is 122 cm³/mol. The second-order valence-corrected chi connectivity index (χ2v) is 9.79. The average molecular weight is 459 g/mol. The maximum Gasteiger partial charge on any atom is 0.263 e. The number of aliphatic hydroxyl groups is 1. The third kappa shape index (κ3) is 3.46. The number of hydrogen-bond acceptors (Lipinski definition) is 6. The molecule has 0 amide bonds. The fraction of sp³-hybridized carbons (Fsp3) is 0.542. The zero-order valence-corrected chi connectivity index (χ0v) is 18.7. The van der Waals surface area contributed by atoms with Gasteiger partial charge in [-0.1, -0.05) is 5.16 Å². The summed E-state index contributed by atoms with van der Waals surface area (Å²) in [6.45, 7) is 0.883. The topological polar surface area (TPSA) is 75.3 Å². The summed E-state index contributed by atoms with van der Waals surface area (Å²) in [5.74, 6) is 2.92. The molecule has 0 atom stereocenters. The molecule has 1 aromatic carbocycles. The molecule has 4 aliphatic rings. The van der Waals surface area contributed by atoms with E-state index in [4.69, 9.17) is 9.51 Å². The molecule has 0 unspecified atom stereocenters. The summed E-state index contributed by atoms with van der Waals surface area (Å²) in [4.78, 5) is 11.5. The SMILES string of the molecule is Cl.OCCCN(c1ncnc2onc(-c3ccc(F)cc3)c12)C12CC3CC(CC(C3)C1)C2. The van der Waals surface area contributed by atoms with Crippen LogP contribution in [0.5, 0.6) is 0 Å². The molecule has 0 aliphatic heterocycles. The van der Waals surface area contributed by atoms with Gasteiger partial charge in [-0.3, -0.25) is 0 Å². The molecule has 4 aliphatic carbocycles. The first-order valence-corrected chi connectivity index (χ1v) is 11.4. The van der Waals surface area contributed by atoms with E-state index in [1.54, 1.807) is 18.5 Å².